The minimum Gasteiger partial charge on any atom is -0.258 e. The molecule has 0 radical (unpaired) electrons. The monoisotopic (exact) mass is 338 g/mol. The van der Waals surface area contributed by atoms with Crippen molar-refractivity contribution in [2.75, 3.05) is 0 Å². The Morgan fingerprint density at radius 2 is 1.40 bits per heavy atom. The fraction of sp³-hybridized carbons (Fsp3) is 0.143. The molecule has 0 saturated carbocycles. The second kappa shape index (κ2) is 4.67. The highest BCUT2D eigenvalue weighted by Crippen LogP contribution is 2.34. The van der Waals surface area contributed by atoms with Gasteiger partial charge in [-0.05, 0) is 5.56 Å². The zero-order valence-electron chi connectivity index (χ0n) is 7.09. The van der Waals surface area contributed by atoms with Crippen molar-refractivity contribution in [1.29, 1.82) is 0 Å². The molecule has 1 aromatic carbocycles. The predicted octanol–water partition coefficient (Wildman–Crippen LogP) is 3.29. The molecule has 0 fully saturated rings. The average molecular weight is 340 g/mol. The van der Waals surface area contributed by atoms with Crippen LogP contribution in [0, 0.1) is 20.2 Å². The Balaban J connectivity index is 3.32. The van der Waals surface area contributed by atoms with E-state index in [4.69, 9.17) is 0 Å². The fourth-order valence-corrected chi connectivity index (χ4v) is 1.48. The van der Waals surface area contributed by atoms with Crippen LogP contribution in [0.25, 0.3) is 0 Å². The van der Waals surface area contributed by atoms with Gasteiger partial charge in [-0.3, -0.25) is 20.2 Å². The maximum absolute atomic E-state index is 10.5. The summed E-state index contributed by atoms with van der Waals surface area (Å²) in [5.41, 5.74) is -0.179. The lowest BCUT2D eigenvalue weighted by atomic mass is 10.2. The molecule has 0 atom stereocenters. The van der Waals surface area contributed by atoms with Gasteiger partial charge in [0.05, 0.1) is 19.6 Å². The molecule has 0 aliphatic rings. The van der Waals surface area contributed by atoms with Gasteiger partial charge in [0.25, 0.3) is 11.4 Å². The van der Waals surface area contributed by atoms with Gasteiger partial charge >= 0.3 is 0 Å². The molecule has 0 spiro atoms. The normalized spacial score (nSPS) is 10.3. The van der Waals surface area contributed by atoms with Crippen molar-refractivity contribution in [3.05, 3.63) is 44.0 Å². The highest BCUT2D eigenvalue weighted by molar-refractivity contribution is 9.24. The largest absolute Gasteiger partial charge is 0.276 e. The van der Waals surface area contributed by atoms with E-state index in [2.05, 4.69) is 31.9 Å². The first-order chi connectivity index (χ1) is 6.91. The van der Waals surface area contributed by atoms with E-state index in [0.717, 1.165) is 6.07 Å². The topological polar surface area (TPSA) is 86.3 Å². The highest BCUT2D eigenvalue weighted by Gasteiger charge is 2.18. The van der Waals surface area contributed by atoms with E-state index < -0.39 is 9.85 Å². The number of hydrogen-bond donors (Lipinski definition) is 0. The van der Waals surface area contributed by atoms with Gasteiger partial charge < -0.3 is 0 Å². The van der Waals surface area contributed by atoms with Crippen LogP contribution in [0.5, 0.6) is 0 Å². The minimum atomic E-state index is -0.668. The van der Waals surface area contributed by atoms with Gasteiger partial charge in [0, 0.05) is 12.1 Å². The predicted molar refractivity (Wildman–Crippen MR) is 60.3 cm³/mol. The first kappa shape index (κ1) is 12.1. The molecule has 15 heavy (non-hydrogen) atoms. The van der Waals surface area contributed by atoms with E-state index in [-0.39, 0.29) is 15.1 Å². The zero-order chi connectivity index (χ0) is 11.6. The second-order valence-electron chi connectivity index (χ2n) is 2.60. The SMILES string of the molecule is O=[N+]([O-])c1cc(C(Br)Br)cc([N+](=O)[O-])c1. The molecule has 0 aromatic heterocycles. The van der Waals surface area contributed by atoms with Crippen molar-refractivity contribution >= 4 is 43.2 Å². The Hall–Kier alpha value is -1.02. The number of alkyl halides is 2. The molecule has 0 unspecified atom stereocenters. The Kier molecular flexibility index (Phi) is 3.75. The summed E-state index contributed by atoms with van der Waals surface area (Å²) in [6.07, 6.45) is 0. The molecule has 0 amide bonds. The van der Waals surface area contributed by atoms with Gasteiger partial charge in [-0.15, -0.1) is 0 Å². The van der Waals surface area contributed by atoms with Crippen molar-refractivity contribution in [3.8, 4) is 0 Å². The zero-order valence-corrected chi connectivity index (χ0v) is 10.3. The van der Waals surface area contributed by atoms with Crippen LogP contribution in [0.15, 0.2) is 18.2 Å². The van der Waals surface area contributed by atoms with E-state index in [9.17, 15) is 20.2 Å². The van der Waals surface area contributed by atoms with Crippen LogP contribution >= 0.6 is 31.9 Å². The Morgan fingerprint density at radius 1 is 1.00 bits per heavy atom. The van der Waals surface area contributed by atoms with Crippen LogP contribution in [0.4, 0.5) is 11.4 Å². The van der Waals surface area contributed by atoms with Gasteiger partial charge in [0.2, 0.25) is 0 Å². The lowest BCUT2D eigenvalue weighted by molar-refractivity contribution is -0.394. The van der Waals surface area contributed by atoms with Gasteiger partial charge in [-0.2, -0.15) is 0 Å². The van der Waals surface area contributed by atoms with Crippen molar-refractivity contribution < 1.29 is 9.85 Å². The maximum atomic E-state index is 10.5. The molecule has 1 aromatic rings. The first-order valence-corrected chi connectivity index (χ1v) is 5.47. The molecular formula is C7H4Br2N2O4. The molecule has 0 saturated heterocycles. The first-order valence-electron chi connectivity index (χ1n) is 3.63. The number of nitro groups is 2. The molecule has 0 bridgehead atoms. The summed E-state index contributed by atoms with van der Waals surface area (Å²) in [7, 11) is 0. The van der Waals surface area contributed by atoms with Crippen molar-refractivity contribution in [1.82, 2.24) is 0 Å². The molecule has 80 valence electrons. The number of hydrogen-bond acceptors (Lipinski definition) is 4. The van der Waals surface area contributed by atoms with E-state index in [1.807, 2.05) is 0 Å². The maximum Gasteiger partial charge on any atom is 0.276 e. The van der Waals surface area contributed by atoms with Crippen LogP contribution in [-0.2, 0) is 0 Å². The average Bonchev–Trinajstić information content (AvgIpc) is 2.16. The molecule has 0 N–H and O–H groups in total. The van der Waals surface area contributed by atoms with Crippen LogP contribution in [0.3, 0.4) is 0 Å². The number of non-ortho nitro benzene ring substituents is 2. The van der Waals surface area contributed by atoms with E-state index >= 15 is 0 Å². The molecular weight excluding hydrogens is 336 g/mol. The number of nitro benzene ring substituents is 2. The fourth-order valence-electron chi connectivity index (χ4n) is 0.955. The van der Waals surface area contributed by atoms with Crippen LogP contribution in [0.1, 0.15) is 9.30 Å². The number of halogens is 2. The van der Waals surface area contributed by atoms with Gasteiger partial charge in [0.15, 0.2) is 0 Å². The van der Waals surface area contributed by atoms with Crippen LogP contribution in [-0.4, -0.2) is 9.85 Å². The molecule has 8 heteroatoms. The summed E-state index contributed by atoms with van der Waals surface area (Å²) in [5.74, 6) is 0. The minimum absolute atomic E-state index is 0.303. The summed E-state index contributed by atoms with van der Waals surface area (Å²) in [6, 6.07) is 3.45. The molecule has 1 rings (SSSR count). The highest BCUT2D eigenvalue weighted by atomic mass is 79.9. The summed E-state index contributed by atoms with van der Waals surface area (Å²) in [6.45, 7) is 0. The molecule has 0 aliphatic heterocycles. The van der Waals surface area contributed by atoms with E-state index in [1.165, 1.54) is 12.1 Å². The Morgan fingerprint density at radius 3 is 1.67 bits per heavy atom. The van der Waals surface area contributed by atoms with Gasteiger partial charge in [0.1, 0.15) is 0 Å². The Bertz CT molecular complexity index is 389. The summed E-state index contributed by atoms with van der Waals surface area (Å²) in [5, 5.41) is 21.0. The lowest BCUT2D eigenvalue weighted by Crippen LogP contribution is -1.95. The van der Waals surface area contributed by atoms with Crippen molar-refractivity contribution in [2.24, 2.45) is 0 Å². The quantitative estimate of drug-likeness (QED) is 0.480. The Labute approximate surface area is 101 Å². The molecule has 0 aliphatic carbocycles. The third-order valence-electron chi connectivity index (χ3n) is 1.60. The lowest BCUT2D eigenvalue weighted by Gasteiger charge is -2.01. The summed E-state index contributed by atoms with van der Waals surface area (Å²) < 4.78 is -0.358. The van der Waals surface area contributed by atoms with Gasteiger partial charge in [-0.1, -0.05) is 31.9 Å². The van der Waals surface area contributed by atoms with E-state index in [0.29, 0.717) is 5.56 Å². The standard InChI is InChI=1S/C7H4Br2N2O4/c8-7(9)4-1-5(10(12)13)3-6(2-4)11(14)15/h1-3,7H. The molecule has 0 heterocycles. The van der Waals surface area contributed by atoms with Gasteiger partial charge in [-0.25, -0.2) is 0 Å². The van der Waals surface area contributed by atoms with Crippen LogP contribution < -0.4 is 0 Å². The molecule has 6 nitrogen and oxygen atoms in total. The summed E-state index contributed by atoms with van der Waals surface area (Å²) >= 11 is 6.24. The number of benzene rings is 1. The van der Waals surface area contributed by atoms with Crippen molar-refractivity contribution in [2.45, 2.75) is 3.74 Å². The van der Waals surface area contributed by atoms with Crippen LogP contribution in [0.2, 0.25) is 0 Å². The van der Waals surface area contributed by atoms with E-state index in [1.54, 1.807) is 0 Å². The number of rotatable bonds is 3. The number of nitrogens with zero attached hydrogens (tertiary/aromatic N) is 2. The second-order valence-corrected chi connectivity index (χ2v) is 5.66. The third kappa shape index (κ3) is 2.96. The van der Waals surface area contributed by atoms with Crippen molar-refractivity contribution in [3.63, 3.8) is 0 Å². The smallest absolute Gasteiger partial charge is 0.258 e. The third-order valence-corrected chi connectivity index (χ3v) is 2.66. The summed E-state index contributed by atoms with van der Waals surface area (Å²) in [4.78, 5) is 19.7.